The lowest BCUT2D eigenvalue weighted by Gasteiger charge is -2.18. The summed E-state index contributed by atoms with van der Waals surface area (Å²) in [4.78, 5) is 23.5. The van der Waals surface area contributed by atoms with Crippen molar-refractivity contribution >= 4 is 11.7 Å². The van der Waals surface area contributed by atoms with Gasteiger partial charge in [-0.3, -0.25) is 10.1 Å². The smallest absolute Gasteiger partial charge is 0.339 e. The summed E-state index contributed by atoms with van der Waals surface area (Å²) in [7, 11) is 0. The molecule has 0 spiro atoms. The highest BCUT2D eigenvalue weighted by Gasteiger charge is 2.22. The van der Waals surface area contributed by atoms with Crippen LogP contribution in [-0.4, -0.2) is 47.1 Å². The summed E-state index contributed by atoms with van der Waals surface area (Å²) in [5.74, 6) is -1.43. The maximum absolute atomic E-state index is 11.1. The molecule has 7 heteroatoms. The molecule has 0 aliphatic carbocycles. The third kappa shape index (κ3) is 3.92. The number of nitrogens with zero attached hydrogens (tertiary/aromatic N) is 2. The zero-order valence-corrected chi connectivity index (χ0v) is 11.5. The Morgan fingerprint density at radius 2 is 2.05 bits per heavy atom. The van der Waals surface area contributed by atoms with Gasteiger partial charge >= 0.3 is 11.7 Å². The van der Waals surface area contributed by atoms with E-state index < -0.39 is 10.9 Å². The van der Waals surface area contributed by atoms with Crippen molar-refractivity contribution in [2.24, 2.45) is 0 Å². The Kier molecular flexibility index (Phi) is 5.92. The molecule has 0 aliphatic heterocycles. The van der Waals surface area contributed by atoms with Crippen LogP contribution in [0.15, 0.2) is 18.2 Å². The van der Waals surface area contributed by atoms with E-state index in [1.807, 2.05) is 13.8 Å². The van der Waals surface area contributed by atoms with Crippen LogP contribution >= 0.6 is 0 Å². The van der Waals surface area contributed by atoms with Gasteiger partial charge in [-0.15, -0.1) is 0 Å². The minimum absolute atomic E-state index is 0.183. The van der Waals surface area contributed by atoms with Gasteiger partial charge in [0.05, 0.1) is 4.92 Å². The first kappa shape index (κ1) is 15.9. The Labute approximate surface area is 116 Å². The second kappa shape index (κ2) is 7.44. The lowest BCUT2D eigenvalue weighted by Crippen LogP contribution is -2.28. The van der Waals surface area contributed by atoms with Gasteiger partial charge in [0, 0.05) is 12.6 Å². The molecule has 7 nitrogen and oxygen atoms in total. The van der Waals surface area contributed by atoms with Crippen LogP contribution in [0.2, 0.25) is 0 Å². The van der Waals surface area contributed by atoms with E-state index in [0.717, 1.165) is 13.1 Å². The van der Waals surface area contributed by atoms with Crippen LogP contribution in [0.4, 0.5) is 5.69 Å². The lowest BCUT2D eigenvalue weighted by atomic mass is 10.2. The molecule has 1 rings (SSSR count). The highest BCUT2D eigenvalue weighted by Crippen LogP contribution is 2.30. The molecule has 0 aliphatic rings. The second-order valence-corrected chi connectivity index (χ2v) is 4.09. The SMILES string of the molecule is CCN(CC)CCOc1c(C(=O)O)cccc1[N+](=O)[O-]. The molecule has 0 atom stereocenters. The average Bonchev–Trinajstić information content (AvgIpc) is 2.43. The summed E-state index contributed by atoms with van der Waals surface area (Å²) in [6, 6.07) is 3.86. The fourth-order valence-electron chi connectivity index (χ4n) is 1.81. The number of hydrogen-bond donors (Lipinski definition) is 1. The number of nitro benzene ring substituents is 1. The van der Waals surface area contributed by atoms with E-state index >= 15 is 0 Å². The number of carboxylic acids is 1. The fourth-order valence-corrected chi connectivity index (χ4v) is 1.81. The summed E-state index contributed by atoms with van der Waals surface area (Å²) < 4.78 is 5.36. The van der Waals surface area contributed by atoms with E-state index in [4.69, 9.17) is 9.84 Å². The Hall–Kier alpha value is -2.15. The molecule has 0 fully saturated rings. The van der Waals surface area contributed by atoms with Gasteiger partial charge in [-0.2, -0.15) is 0 Å². The maximum Gasteiger partial charge on any atom is 0.339 e. The van der Waals surface area contributed by atoms with Crippen molar-refractivity contribution in [3.05, 3.63) is 33.9 Å². The van der Waals surface area contributed by atoms with Crippen LogP contribution in [0, 0.1) is 10.1 Å². The molecule has 0 aromatic heterocycles. The van der Waals surface area contributed by atoms with Crippen LogP contribution in [-0.2, 0) is 0 Å². The Morgan fingerprint density at radius 1 is 1.40 bits per heavy atom. The Bertz CT molecular complexity index is 453. The van der Waals surface area contributed by atoms with E-state index in [0.29, 0.717) is 6.54 Å². The molecule has 1 aromatic rings. The topological polar surface area (TPSA) is 92.9 Å². The first-order valence-corrected chi connectivity index (χ1v) is 6.37. The van der Waals surface area contributed by atoms with Crippen LogP contribution in [0.1, 0.15) is 24.2 Å². The number of likely N-dealkylation sites (N-methyl/N-ethyl adjacent to an activating group) is 1. The van der Waals surface area contributed by atoms with Gasteiger partial charge in [0.2, 0.25) is 5.75 Å². The van der Waals surface area contributed by atoms with Gasteiger partial charge in [-0.1, -0.05) is 19.9 Å². The van der Waals surface area contributed by atoms with Crippen molar-refractivity contribution < 1.29 is 19.6 Å². The van der Waals surface area contributed by atoms with Crippen LogP contribution in [0.3, 0.4) is 0 Å². The highest BCUT2D eigenvalue weighted by atomic mass is 16.6. The monoisotopic (exact) mass is 282 g/mol. The summed E-state index contributed by atoms with van der Waals surface area (Å²) in [5, 5.41) is 20.0. The van der Waals surface area contributed by atoms with E-state index in [2.05, 4.69) is 4.90 Å². The summed E-state index contributed by atoms with van der Waals surface area (Å²) in [5.41, 5.74) is -0.525. The molecule has 0 saturated carbocycles. The van der Waals surface area contributed by atoms with Crippen molar-refractivity contribution in [1.29, 1.82) is 0 Å². The van der Waals surface area contributed by atoms with Gasteiger partial charge < -0.3 is 14.7 Å². The highest BCUT2D eigenvalue weighted by molar-refractivity contribution is 5.92. The van der Waals surface area contributed by atoms with Gasteiger partial charge in [0.1, 0.15) is 12.2 Å². The number of carbonyl (C=O) groups is 1. The standard InChI is InChI=1S/C13H18N2O5/c1-3-14(4-2)8-9-20-12-10(13(16)17)6-5-7-11(12)15(18)19/h5-7H,3-4,8-9H2,1-2H3,(H,16,17). The van der Waals surface area contributed by atoms with Gasteiger partial charge in [0.15, 0.2) is 0 Å². The third-order valence-electron chi connectivity index (χ3n) is 2.97. The minimum atomic E-state index is -1.24. The summed E-state index contributed by atoms with van der Waals surface area (Å²) in [6.07, 6.45) is 0. The predicted molar refractivity (Wildman–Crippen MR) is 73.3 cm³/mol. The first-order valence-electron chi connectivity index (χ1n) is 6.37. The third-order valence-corrected chi connectivity index (χ3v) is 2.97. The summed E-state index contributed by atoms with van der Waals surface area (Å²) >= 11 is 0. The number of aromatic carboxylic acids is 1. The number of hydrogen-bond acceptors (Lipinski definition) is 5. The number of rotatable bonds is 8. The van der Waals surface area contributed by atoms with E-state index in [-0.39, 0.29) is 23.6 Å². The number of para-hydroxylation sites is 1. The van der Waals surface area contributed by atoms with Crippen LogP contribution in [0.25, 0.3) is 0 Å². The van der Waals surface area contributed by atoms with E-state index in [1.54, 1.807) is 0 Å². The van der Waals surface area contributed by atoms with Gasteiger partial charge in [0.25, 0.3) is 0 Å². The minimum Gasteiger partial charge on any atom is -0.485 e. The van der Waals surface area contributed by atoms with Crippen molar-refractivity contribution in [3.8, 4) is 5.75 Å². The number of ether oxygens (including phenoxy) is 1. The van der Waals surface area contributed by atoms with Gasteiger partial charge in [-0.05, 0) is 19.2 Å². The van der Waals surface area contributed by atoms with E-state index in [9.17, 15) is 14.9 Å². The summed E-state index contributed by atoms with van der Waals surface area (Å²) in [6.45, 7) is 6.45. The molecule has 0 heterocycles. The number of nitro groups is 1. The molecular weight excluding hydrogens is 264 g/mol. The zero-order valence-electron chi connectivity index (χ0n) is 11.5. The normalized spacial score (nSPS) is 10.6. The maximum atomic E-state index is 11.1. The molecule has 0 bridgehead atoms. The van der Waals surface area contributed by atoms with Gasteiger partial charge in [-0.25, -0.2) is 4.79 Å². The Morgan fingerprint density at radius 3 is 2.55 bits per heavy atom. The quantitative estimate of drug-likeness (QED) is 0.579. The van der Waals surface area contributed by atoms with Crippen LogP contribution in [0.5, 0.6) is 5.75 Å². The predicted octanol–water partition coefficient (Wildman–Crippen LogP) is 2.01. The lowest BCUT2D eigenvalue weighted by molar-refractivity contribution is -0.385. The molecule has 0 radical (unpaired) electrons. The number of benzene rings is 1. The van der Waals surface area contributed by atoms with Crippen molar-refractivity contribution in [1.82, 2.24) is 4.90 Å². The molecule has 0 unspecified atom stereocenters. The largest absolute Gasteiger partial charge is 0.485 e. The van der Waals surface area contributed by atoms with E-state index in [1.165, 1.54) is 18.2 Å². The molecule has 1 aromatic carbocycles. The second-order valence-electron chi connectivity index (χ2n) is 4.09. The molecular formula is C13H18N2O5. The molecule has 0 amide bonds. The van der Waals surface area contributed by atoms with Crippen molar-refractivity contribution in [2.45, 2.75) is 13.8 Å². The van der Waals surface area contributed by atoms with Crippen LogP contribution < -0.4 is 4.74 Å². The molecule has 20 heavy (non-hydrogen) atoms. The zero-order chi connectivity index (χ0) is 15.1. The van der Waals surface area contributed by atoms with Crippen molar-refractivity contribution in [3.63, 3.8) is 0 Å². The molecule has 110 valence electrons. The first-order chi connectivity index (χ1) is 9.51. The molecule has 0 saturated heterocycles. The van der Waals surface area contributed by atoms with Crippen molar-refractivity contribution in [2.75, 3.05) is 26.2 Å². The fraction of sp³-hybridized carbons (Fsp3) is 0.462. The Balaban J connectivity index is 2.91. The number of carboxylic acid groups (broad SMARTS) is 1. The molecule has 1 N–H and O–H groups in total. The average molecular weight is 282 g/mol.